The third kappa shape index (κ3) is 1.61. The number of hydrogen-bond acceptors (Lipinski definition) is 4. The van der Waals surface area contributed by atoms with Gasteiger partial charge in [-0.1, -0.05) is 0 Å². The Balaban J connectivity index is 2.22. The van der Waals surface area contributed by atoms with E-state index in [1.54, 1.807) is 18.3 Å². The van der Waals surface area contributed by atoms with Gasteiger partial charge in [-0.2, -0.15) is 0 Å². The topological polar surface area (TPSA) is 65.2 Å². The summed E-state index contributed by atoms with van der Waals surface area (Å²) in [5, 5.41) is 0. The molecule has 2 heterocycles. The number of ether oxygens (including phenoxy) is 1. The van der Waals surface area contributed by atoms with Gasteiger partial charge < -0.3 is 10.5 Å². The van der Waals surface area contributed by atoms with Crippen LogP contribution in [0.4, 0.5) is 5.82 Å². The second-order valence-electron chi connectivity index (χ2n) is 3.36. The smallest absolute Gasteiger partial charge is 0.172 e. The number of carbonyl (C=O) groups excluding carboxylic acids is 1. The van der Waals surface area contributed by atoms with E-state index < -0.39 is 0 Å². The summed E-state index contributed by atoms with van der Waals surface area (Å²) in [5.41, 5.74) is 6.13. The minimum Gasteiger partial charge on any atom is -0.383 e. The van der Waals surface area contributed by atoms with E-state index in [1.165, 1.54) is 0 Å². The summed E-state index contributed by atoms with van der Waals surface area (Å²) < 4.78 is 5.16. The average Bonchev–Trinajstić information content (AvgIpc) is 2.70. The van der Waals surface area contributed by atoms with Gasteiger partial charge in [-0.3, -0.25) is 4.79 Å². The van der Waals surface area contributed by atoms with Gasteiger partial charge in [0.15, 0.2) is 5.78 Å². The van der Waals surface area contributed by atoms with Gasteiger partial charge in [0.2, 0.25) is 0 Å². The maximum atomic E-state index is 11.9. The Morgan fingerprint density at radius 2 is 2.50 bits per heavy atom. The number of nitrogens with two attached hydrogens (primary N) is 1. The van der Waals surface area contributed by atoms with Crippen molar-refractivity contribution >= 4 is 11.6 Å². The minimum atomic E-state index is -0.0403. The van der Waals surface area contributed by atoms with Crippen LogP contribution in [0.3, 0.4) is 0 Å². The average molecular weight is 192 g/mol. The molecule has 1 aromatic heterocycles. The number of pyridine rings is 1. The van der Waals surface area contributed by atoms with Crippen LogP contribution in [0, 0.1) is 5.92 Å². The van der Waals surface area contributed by atoms with Crippen LogP contribution in [0.1, 0.15) is 16.8 Å². The van der Waals surface area contributed by atoms with Crippen LogP contribution in [0.5, 0.6) is 0 Å². The van der Waals surface area contributed by atoms with Crippen molar-refractivity contribution in [1.82, 2.24) is 4.98 Å². The molecule has 2 N–H and O–H groups in total. The molecule has 1 aliphatic rings. The van der Waals surface area contributed by atoms with Crippen molar-refractivity contribution in [1.29, 1.82) is 0 Å². The van der Waals surface area contributed by atoms with Gasteiger partial charge in [0.05, 0.1) is 12.2 Å². The first-order valence-corrected chi connectivity index (χ1v) is 4.61. The number of carbonyl (C=O) groups is 1. The quantitative estimate of drug-likeness (QED) is 0.706. The van der Waals surface area contributed by atoms with Gasteiger partial charge in [-0.25, -0.2) is 4.98 Å². The molecule has 0 radical (unpaired) electrons. The Bertz CT molecular complexity index is 346. The van der Waals surface area contributed by atoms with Gasteiger partial charge in [0.1, 0.15) is 5.82 Å². The molecule has 14 heavy (non-hydrogen) atoms. The van der Waals surface area contributed by atoms with Gasteiger partial charge in [-0.05, 0) is 18.6 Å². The standard InChI is InChI=1S/C10H12N2O2/c11-10-8(2-1-4-12-10)9(13)7-3-5-14-6-7/h1-2,4,7H,3,5-6H2,(H2,11,12). The van der Waals surface area contributed by atoms with Crippen molar-refractivity contribution in [2.24, 2.45) is 5.92 Å². The minimum absolute atomic E-state index is 0.0403. The van der Waals surface area contributed by atoms with E-state index in [0.717, 1.165) is 6.42 Å². The molecular formula is C10H12N2O2. The number of Topliss-reactive ketones (excluding diaryl/α,β-unsaturated/α-hetero) is 1. The highest BCUT2D eigenvalue weighted by atomic mass is 16.5. The van der Waals surface area contributed by atoms with Crippen molar-refractivity contribution in [3.63, 3.8) is 0 Å². The van der Waals surface area contributed by atoms with Crippen LogP contribution >= 0.6 is 0 Å². The van der Waals surface area contributed by atoms with Crippen LogP contribution in [0.2, 0.25) is 0 Å². The predicted molar refractivity (Wildman–Crippen MR) is 51.9 cm³/mol. The number of aromatic nitrogens is 1. The van der Waals surface area contributed by atoms with Crippen LogP contribution in [0.25, 0.3) is 0 Å². The van der Waals surface area contributed by atoms with Crippen LogP contribution in [0.15, 0.2) is 18.3 Å². The van der Waals surface area contributed by atoms with E-state index in [0.29, 0.717) is 24.6 Å². The van der Waals surface area contributed by atoms with Crippen molar-refractivity contribution < 1.29 is 9.53 Å². The molecule has 4 heteroatoms. The summed E-state index contributed by atoms with van der Waals surface area (Å²) in [5.74, 6) is 0.319. The maximum Gasteiger partial charge on any atom is 0.172 e. The van der Waals surface area contributed by atoms with Gasteiger partial charge in [0.25, 0.3) is 0 Å². The fourth-order valence-electron chi connectivity index (χ4n) is 1.59. The van der Waals surface area contributed by atoms with E-state index >= 15 is 0 Å². The molecule has 0 spiro atoms. The van der Waals surface area contributed by atoms with E-state index in [1.807, 2.05) is 0 Å². The second-order valence-corrected chi connectivity index (χ2v) is 3.36. The fraction of sp³-hybridized carbons (Fsp3) is 0.400. The molecule has 74 valence electrons. The summed E-state index contributed by atoms with van der Waals surface area (Å²) >= 11 is 0. The molecule has 1 aromatic rings. The lowest BCUT2D eigenvalue weighted by atomic mass is 9.98. The summed E-state index contributed by atoms with van der Waals surface area (Å²) in [6.45, 7) is 1.17. The highest BCUT2D eigenvalue weighted by Crippen LogP contribution is 2.20. The predicted octanol–water partition coefficient (Wildman–Crippen LogP) is 0.883. The molecule has 0 bridgehead atoms. The first kappa shape index (κ1) is 9.15. The Morgan fingerprint density at radius 3 is 3.14 bits per heavy atom. The van der Waals surface area contributed by atoms with E-state index in [2.05, 4.69) is 4.98 Å². The zero-order chi connectivity index (χ0) is 9.97. The van der Waals surface area contributed by atoms with Gasteiger partial charge in [-0.15, -0.1) is 0 Å². The number of nitrogens with zero attached hydrogens (tertiary/aromatic N) is 1. The van der Waals surface area contributed by atoms with Crippen molar-refractivity contribution in [2.75, 3.05) is 18.9 Å². The molecule has 0 aliphatic carbocycles. The molecule has 0 saturated carbocycles. The SMILES string of the molecule is Nc1ncccc1C(=O)C1CCOC1. The molecule has 1 aliphatic heterocycles. The molecule has 2 rings (SSSR count). The Kier molecular flexibility index (Phi) is 2.45. The summed E-state index contributed by atoms with van der Waals surface area (Å²) in [6, 6.07) is 3.43. The lowest BCUT2D eigenvalue weighted by Crippen LogP contribution is -2.16. The summed E-state index contributed by atoms with van der Waals surface area (Å²) in [7, 11) is 0. The third-order valence-corrected chi connectivity index (χ3v) is 2.40. The van der Waals surface area contributed by atoms with Crippen LogP contribution < -0.4 is 5.73 Å². The van der Waals surface area contributed by atoms with Crippen molar-refractivity contribution in [2.45, 2.75) is 6.42 Å². The third-order valence-electron chi connectivity index (χ3n) is 2.40. The van der Waals surface area contributed by atoms with Crippen LogP contribution in [-0.2, 0) is 4.74 Å². The molecule has 0 aromatic carbocycles. The number of nitrogen functional groups attached to an aromatic ring is 1. The fourth-order valence-corrected chi connectivity index (χ4v) is 1.59. The number of rotatable bonds is 2. The van der Waals surface area contributed by atoms with Crippen LogP contribution in [-0.4, -0.2) is 24.0 Å². The summed E-state index contributed by atoms with van der Waals surface area (Å²) in [4.78, 5) is 15.8. The zero-order valence-corrected chi connectivity index (χ0v) is 7.77. The zero-order valence-electron chi connectivity index (χ0n) is 7.77. The van der Waals surface area contributed by atoms with E-state index in [-0.39, 0.29) is 11.7 Å². The molecule has 4 nitrogen and oxygen atoms in total. The highest BCUT2D eigenvalue weighted by Gasteiger charge is 2.25. The largest absolute Gasteiger partial charge is 0.383 e. The van der Waals surface area contributed by atoms with E-state index in [4.69, 9.17) is 10.5 Å². The Hall–Kier alpha value is -1.42. The first-order valence-electron chi connectivity index (χ1n) is 4.61. The highest BCUT2D eigenvalue weighted by molar-refractivity contribution is 6.01. The van der Waals surface area contributed by atoms with Crippen molar-refractivity contribution in [3.8, 4) is 0 Å². The van der Waals surface area contributed by atoms with Crippen molar-refractivity contribution in [3.05, 3.63) is 23.9 Å². The van der Waals surface area contributed by atoms with Gasteiger partial charge in [0, 0.05) is 18.7 Å². The van der Waals surface area contributed by atoms with E-state index in [9.17, 15) is 4.79 Å². The molecule has 1 atom stereocenters. The number of anilines is 1. The molecule has 0 amide bonds. The molecule has 1 unspecified atom stereocenters. The summed E-state index contributed by atoms with van der Waals surface area (Å²) in [6.07, 6.45) is 2.37. The Labute approximate surface area is 82.1 Å². The molecule has 1 saturated heterocycles. The lowest BCUT2D eigenvalue weighted by molar-refractivity contribution is 0.0901. The normalized spacial score (nSPS) is 21.0. The Morgan fingerprint density at radius 1 is 1.64 bits per heavy atom. The number of hydrogen-bond donors (Lipinski definition) is 1. The molecular weight excluding hydrogens is 180 g/mol. The van der Waals surface area contributed by atoms with Gasteiger partial charge >= 0.3 is 0 Å². The lowest BCUT2D eigenvalue weighted by Gasteiger charge is -2.07. The monoisotopic (exact) mass is 192 g/mol. The second kappa shape index (κ2) is 3.75. The number of ketones is 1. The maximum absolute atomic E-state index is 11.9. The molecule has 1 fully saturated rings. The first-order chi connectivity index (χ1) is 6.79.